The monoisotopic (exact) mass is 339 g/mol. The highest BCUT2D eigenvalue weighted by molar-refractivity contribution is 7.99. The molecule has 0 aliphatic carbocycles. The lowest BCUT2D eigenvalue weighted by Gasteiger charge is -2.26. The fourth-order valence-corrected chi connectivity index (χ4v) is 3.77. The number of rotatable bonds is 5. The molecule has 3 heterocycles. The maximum Gasteiger partial charge on any atom is 0.329 e. The van der Waals surface area contributed by atoms with Crippen LogP contribution in [0.15, 0.2) is 14.7 Å². The van der Waals surface area contributed by atoms with Crippen molar-refractivity contribution >= 4 is 22.9 Å². The standard InChI is InChI=1S/C14H21N5O3S/c1-3-19-10-11(17(2)13(21)16-12(10)20)15-14(19)23-9-6-18-4-7-22-8-5-18/h3-9H2,1-2H3,(H,16,20,21). The summed E-state index contributed by atoms with van der Waals surface area (Å²) in [6, 6.07) is 0. The smallest absolute Gasteiger partial charge is 0.329 e. The zero-order chi connectivity index (χ0) is 16.4. The number of morpholine rings is 1. The molecule has 0 aromatic carbocycles. The van der Waals surface area contributed by atoms with Crippen molar-refractivity contribution in [2.24, 2.45) is 7.05 Å². The molecule has 3 rings (SSSR count). The Labute approximate surface area is 137 Å². The van der Waals surface area contributed by atoms with Gasteiger partial charge < -0.3 is 9.30 Å². The van der Waals surface area contributed by atoms with Crippen LogP contribution in [0, 0.1) is 0 Å². The largest absolute Gasteiger partial charge is 0.379 e. The fraction of sp³-hybridized carbons (Fsp3) is 0.643. The molecule has 1 aliphatic heterocycles. The molecule has 126 valence electrons. The molecule has 0 saturated carbocycles. The van der Waals surface area contributed by atoms with Crippen LogP contribution in [0.5, 0.6) is 0 Å². The predicted molar refractivity (Wildman–Crippen MR) is 89.3 cm³/mol. The summed E-state index contributed by atoms with van der Waals surface area (Å²) < 4.78 is 8.60. The number of nitrogens with one attached hydrogen (secondary N) is 1. The quantitative estimate of drug-likeness (QED) is 0.764. The first-order chi connectivity index (χ1) is 11.1. The number of thioether (sulfide) groups is 1. The molecule has 0 bridgehead atoms. The first kappa shape index (κ1) is 16.3. The van der Waals surface area contributed by atoms with Gasteiger partial charge in [0.05, 0.1) is 13.2 Å². The van der Waals surface area contributed by atoms with Gasteiger partial charge in [0.25, 0.3) is 5.56 Å². The van der Waals surface area contributed by atoms with Crippen LogP contribution in [0.3, 0.4) is 0 Å². The van der Waals surface area contributed by atoms with Crippen LogP contribution >= 0.6 is 11.8 Å². The minimum absolute atomic E-state index is 0.377. The molecule has 8 nitrogen and oxygen atoms in total. The summed E-state index contributed by atoms with van der Waals surface area (Å²) in [5.74, 6) is 0.884. The van der Waals surface area contributed by atoms with E-state index < -0.39 is 5.69 Å². The third kappa shape index (κ3) is 3.22. The average molecular weight is 339 g/mol. The van der Waals surface area contributed by atoms with E-state index in [9.17, 15) is 9.59 Å². The second-order valence-corrected chi connectivity index (χ2v) is 6.49. The molecule has 2 aromatic heterocycles. The lowest BCUT2D eigenvalue weighted by atomic mass is 10.4. The normalized spacial score (nSPS) is 16.3. The van der Waals surface area contributed by atoms with E-state index in [0.717, 1.165) is 43.8 Å². The van der Waals surface area contributed by atoms with E-state index in [1.807, 2.05) is 11.5 Å². The Bertz CT molecular complexity index is 803. The molecular weight excluding hydrogens is 318 g/mol. The number of aromatic amines is 1. The highest BCUT2D eigenvalue weighted by Gasteiger charge is 2.17. The molecule has 0 radical (unpaired) electrons. The van der Waals surface area contributed by atoms with E-state index in [1.54, 1.807) is 18.8 Å². The topological polar surface area (TPSA) is 85.2 Å². The van der Waals surface area contributed by atoms with Gasteiger partial charge in [-0.1, -0.05) is 11.8 Å². The van der Waals surface area contributed by atoms with Gasteiger partial charge >= 0.3 is 5.69 Å². The Balaban J connectivity index is 1.83. The lowest BCUT2D eigenvalue weighted by molar-refractivity contribution is 0.0410. The summed E-state index contributed by atoms with van der Waals surface area (Å²) in [7, 11) is 1.62. The number of fused-ring (bicyclic) bond motifs is 1. The van der Waals surface area contributed by atoms with Crippen LogP contribution in [0.1, 0.15) is 6.92 Å². The summed E-state index contributed by atoms with van der Waals surface area (Å²) in [5.41, 5.74) is 0.0866. The van der Waals surface area contributed by atoms with Crippen molar-refractivity contribution in [1.29, 1.82) is 0 Å². The molecule has 0 amide bonds. The minimum Gasteiger partial charge on any atom is -0.379 e. The van der Waals surface area contributed by atoms with Crippen LogP contribution in [-0.4, -0.2) is 62.6 Å². The Hall–Kier alpha value is -1.58. The predicted octanol–water partition coefficient (Wildman–Crippen LogP) is -0.132. The van der Waals surface area contributed by atoms with Crippen LogP contribution in [0.25, 0.3) is 11.2 Å². The summed E-state index contributed by atoms with van der Waals surface area (Å²) in [4.78, 5) is 33.0. The number of hydrogen-bond acceptors (Lipinski definition) is 6. The number of H-pyrrole nitrogens is 1. The van der Waals surface area contributed by atoms with Crippen LogP contribution in [0.4, 0.5) is 0 Å². The SMILES string of the molecule is CCn1c(SCCN2CCOCC2)nc2c1c(=O)[nH]c(=O)n2C. The van der Waals surface area contributed by atoms with Gasteiger partial charge in [0, 0.05) is 39.0 Å². The van der Waals surface area contributed by atoms with Gasteiger partial charge in [-0.25, -0.2) is 9.78 Å². The van der Waals surface area contributed by atoms with Gasteiger partial charge in [0.1, 0.15) is 0 Å². The number of ether oxygens (including phenoxy) is 1. The third-order valence-corrected chi connectivity index (χ3v) is 4.99. The van der Waals surface area contributed by atoms with E-state index in [-0.39, 0.29) is 5.56 Å². The summed E-state index contributed by atoms with van der Waals surface area (Å²) >= 11 is 1.62. The number of aromatic nitrogens is 4. The Morgan fingerprint density at radius 1 is 1.30 bits per heavy atom. The first-order valence-electron chi connectivity index (χ1n) is 7.74. The van der Waals surface area contributed by atoms with Crippen molar-refractivity contribution in [3.8, 4) is 0 Å². The molecule has 0 spiro atoms. The Kier molecular flexibility index (Phi) is 4.88. The lowest BCUT2D eigenvalue weighted by Crippen LogP contribution is -2.37. The molecule has 0 atom stereocenters. The van der Waals surface area contributed by atoms with E-state index >= 15 is 0 Å². The average Bonchev–Trinajstić information content (AvgIpc) is 2.93. The molecule has 1 aliphatic rings. The number of hydrogen-bond donors (Lipinski definition) is 1. The van der Waals surface area contributed by atoms with E-state index in [1.165, 1.54) is 4.57 Å². The van der Waals surface area contributed by atoms with Crippen LogP contribution < -0.4 is 11.2 Å². The summed E-state index contributed by atoms with van der Waals surface area (Å²) in [6.45, 7) is 7.05. The molecule has 0 unspecified atom stereocenters. The molecule has 9 heteroatoms. The molecular formula is C14H21N5O3S. The fourth-order valence-electron chi connectivity index (χ4n) is 2.71. The van der Waals surface area contributed by atoms with E-state index in [0.29, 0.717) is 17.7 Å². The minimum atomic E-state index is -0.437. The van der Waals surface area contributed by atoms with Crippen LogP contribution in [-0.2, 0) is 18.3 Å². The third-order valence-electron chi connectivity index (χ3n) is 4.03. The molecule has 1 fully saturated rings. The van der Waals surface area contributed by atoms with Gasteiger partial charge in [0.2, 0.25) is 0 Å². The van der Waals surface area contributed by atoms with Gasteiger partial charge in [0.15, 0.2) is 16.3 Å². The van der Waals surface area contributed by atoms with Gasteiger partial charge in [-0.2, -0.15) is 0 Å². The number of imidazole rings is 1. The zero-order valence-corrected chi connectivity index (χ0v) is 14.2. The van der Waals surface area contributed by atoms with Gasteiger partial charge in [-0.15, -0.1) is 0 Å². The van der Waals surface area contributed by atoms with Crippen molar-refractivity contribution in [3.63, 3.8) is 0 Å². The summed E-state index contributed by atoms with van der Waals surface area (Å²) in [6.07, 6.45) is 0. The maximum absolute atomic E-state index is 12.1. The molecule has 1 saturated heterocycles. The Morgan fingerprint density at radius 3 is 2.74 bits per heavy atom. The van der Waals surface area contributed by atoms with Crippen molar-refractivity contribution in [1.82, 2.24) is 24.0 Å². The second-order valence-electron chi connectivity index (χ2n) is 5.43. The van der Waals surface area contributed by atoms with Crippen LogP contribution in [0.2, 0.25) is 0 Å². The van der Waals surface area contributed by atoms with Crippen molar-refractivity contribution in [3.05, 3.63) is 20.8 Å². The van der Waals surface area contributed by atoms with E-state index in [4.69, 9.17) is 4.74 Å². The first-order valence-corrected chi connectivity index (χ1v) is 8.72. The summed E-state index contributed by atoms with van der Waals surface area (Å²) in [5, 5.41) is 0.780. The maximum atomic E-state index is 12.1. The molecule has 1 N–H and O–H groups in total. The highest BCUT2D eigenvalue weighted by Crippen LogP contribution is 2.21. The van der Waals surface area contributed by atoms with Gasteiger partial charge in [-0.3, -0.25) is 19.2 Å². The Morgan fingerprint density at radius 2 is 2.04 bits per heavy atom. The van der Waals surface area contributed by atoms with Crippen molar-refractivity contribution in [2.75, 3.05) is 38.6 Å². The molecule has 2 aromatic rings. The van der Waals surface area contributed by atoms with Crippen molar-refractivity contribution in [2.45, 2.75) is 18.6 Å². The number of nitrogens with zero attached hydrogens (tertiary/aromatic N) is 4. The van der Waals surface area contributed by atoms with Gasteiger partial charge in [-0.05, 0) is 6.92 Å². The van der Waals surface area contributed by atoms with E-state index in [2.05, 4.69) is 14.9 Å². The van der Waals surface area contributed by atoms with Crippen molar-refractivity contribution < 1.29 is 4.74 Å². The number of aryl methyl sites for hydroxylation is 2. The second kappa shape index (κ2) is 6.90. The highest BCUT2D eigenvalue weighted by atomic mass is 32.2. The molecule has 23 heavy (non-hydrogen) atoms. The zero-order valence-electron chi connectivity index (χ0n) is 13.4.